The molecule has 0 radical (unpaired) electrons. The summed E-state index contributed by atoms with van der Waals surface area (Å²) in [6, 6.07) is 7.50. The zero-order valence-corrected chi connectivity index (χ0v) is 17.0. The Balaban J connectivity index is 1.91. The molecule has 1 saturated heterocycles. The molecule has 28 heavy (non-hydrogen) atoms. The molecule has 1 aliphatic rings. The zero-order valence-electron chi connectivity index (χ0n) is 16.1. The van der Waals surface area contributed by atoms with Gasteiger partial charge in [0, 0.05) is 20.1 Å². The lowest BCUT2D eigenvalue weighted by Crippen LogP contribution is -2.41. The van der Waals surface area contributed by atoms with Crippen molar-refractivity contribution >= 4 is 29.6 Å². The summed E-state index contributed by atoms with van der Waals surface area (Å²) < 4.78 is 7.39. The number of nitrogens with one attached hydrogen (secondary N) is 2. The van der Waals surface area contributed by atoms with Crippen molar-refractivity contribution in [3.8, 4) is 5.69 Å². The number of aryl methyl sites for hydroxylation is 1. The minimum Gasteiger partial charge on any atom is -0.378 e. The lowest BCUT2D eigenvalue weighted by molar-refractivity contribution is -0.119. The topological polar surface area (TPSA) is 101 Å². The summed E-state index contributed by atoms with van der Waals surface area (Å²) in [5, 5.41) is 13.5. The zero-order chi connectivity index (χ0) is 20.1. The van der Waals surface area contributed by atoms with E-state index in [1.807, 2.05) is 35.8 Å². The minimum absolute atomic E-state index is 0.393. The number of rotatable bonds is 5. The summed E-state index contributed by atoms with van der Waals surface area (Å²) in [6.07, 6.45) is 0. The molecular weight excluding hydrogens is 380 g/mol. The Morgan fingerprint density at radius 1 is 1.25 bits per heavy atom. The number of ether oxygens (including phenoxy) is 1. The quantitative estimate of drug-likeness (QED) is 0.726. The third-order valence-electron chi connectivity index (χ3n) is 4.29. The van der Waals surface area contributed by atoms with Crippen molar-refractivity contribution in [2.75, 3.05) is 38.3 Å². The van der Waals surface area contributed by atoms with Gasteiger partial charge < -0.3 is 15.0 Å². The monoisotopic (exact) mass is 404 g/mol. The van der Waals surface area contributed by atoms with Crippen LogP contribution in [0.4, 0.5) is 10.7 Å². The number of carbonyl (C=O) groups excluding carboxylic acids is 2. The number of hydrogen-bond donors (Lipinski definition) is 2. The number of benzene rings is 1. The molecule has 3 rings (SSSR count). The molecule has 1 unspecified atom stereocenters. The van der Waals surface area contributed by atoms with Gasteiger partial charge in [-0.1, -0.05) is 23.9 Å². The van der Waals surface area contributed by atoms with E-state index in [0.717, 1.165) is 30.3 Å². The maximum atomic E-state index is 12.2. The van der Waals surface area contributed by atoms with Gasteiger partial charge in [-0.05, 0) is 31.5 Å². The number of anilines is 1. The van der Waals surface area contributed by atoms with Crippen molar-refractivity contribution in [1.29, 1.82) is 0 Å². The van der Waals surface area contributed by atoms with Crippen molar-refractivity contribution in [2.45, 2.75) is 24.3 Å². The molecule has 2 N–H and O–H groups in total. The number of urea groups is 1. The van der Waals surface area contributed by atoms with Crippen molar-refractivity contribution in [3.05, 3.63) is 29.8 Å². The van der Waals surface area contributed by atoms with Crippen LogP contribution in [-0.2, 0) is 9.53 Å². The molecule has 9 nitrogen and oxygen atoms in total. The Bertz CT molecular complexity index is 850. The highest BCUT2D eigenvalue weighted by molar-refractivity contribution is 8.00. The fraction of sp³-hybridized carbons (Fsp3) is 0.444. The molecule has 1 atom stereocenters. The first kappa shape index (κ1) is 20.2. The average molecular weight is 404 g/mol. The minimum atomic E-state index is -0.536. The molecule has 10 heteroatoms. The van der Waals surface area contributed by atoms with Crippen LogP contribution in [0.25, 0.3) is 5.69 Å². The van der Waals surface area contributed by atoms with Gasteiger partial charge >= 0.3 is 6.03 Å². The maximum absolute atomic E-state index is 12.2. The van der Waals surface area contributed by atoms with Crippen LogP contribution < -0.4 is 15.5 Å². The molecule has 1 aliphatic heterocycles. The van der Waals surface area contributed by atoms with E-state index in [1.54, 1.807) is 6.92 Å². The fourth-order valence-electron chi connectivity index (χ4n) is 2.79. The summed E-state index contributed by atoms with van der Waals surface area (Å²) in [5.41, 5.74) is 2.04. The van der Waals surface area contributed by atoms with E-state index in [0.29, 0.717) is 18.4 Å². The molecule has 0 spiro atoms. The van der Waals surface area contributed by atoms with Gasteiger partial charge in [0.15, 0.2) is 5.16 Å². The Morgan fingerprint density at radius 2 is 2.00 bits per heavy atom. The van der Waals surface area contributed by atoms with Gasteiger partial charge in [-0.25, -0.2) is 4.79 Å². The molecule has 0 bridgehead atoms. The number of imide groups is 1. The summed E-state index contributed by atoms with van der Waals surface area (Å²) in [5.74, 6) is 0.325. The number of aromatic nitrogens is 3. The molecule has 1 fully saturated rings. The highest BCUT2D eigenvalue weighted by Crippen LogP contribution is 2.30. The first-order chi connectivity index (χ1) is 13.5. The number of nitrogens with zero attached hydrogens (tertiary/aromatic N) is 4. The molecule has 1 aromatic carbocycles. The highest BCUT2D eigenvalue weighted by Gasteiger charge is 2.25. The third-order valence-corrected chi connectivity index (χ3v) is 5.33. The number of morpholine rings is 1. The van der Waals surface area contributed by atoms with E-state index in [1.165, 1.54) is 18.8 Å². The third kappa shape index (κ3) is 4.63. The van der Waals surface area contributed by atoms with Gasteiger partial charge in [0.25, 0.3) is 0 Å². The molecule has 150 valence electrons. The first-order valence-corrected chi connectivity index (χ1v) is 9.92. The number of carbonyl (C=O) groups is 2. The molecule has 2 heterocycles. The number of thioether (sulfide) groups is 1. The Labute approximate surface area is 167 Å². The van der Waals surface area contributed by atoms with E-state index in [-0.39, 0.29) is 0 Å². The van der Waals surface area contributed by atoms with Crippen molar-refractivity contribution in [1.82, 2.24) is 25.4 Å². The largest absolute Gasteiger partial charge is 0.378 e. The van der Waals surface area contributed by atoms with Gasteiger partial charge in [-0.3, -0.25) is 14.7 Å². The van der Waals surface area contributed by atoms with E-state index < -0.39 is 17.2 Å². The van der Waals surface area contributed by atoms with Crippen molar-refractivity contribution in [2.24, 2.45) is 0 Å². The van der Waals surface area contributed by atoms with Gasteiger partial charge in [-0.2, -0.15) is 0 Å². The smallest absolute Gasteiger partial charge is 0.321 e. The van der Waals surface area contributed by atoms with Crippen LogP contribution in [0.1, 0.15) is 12.5 Å². The molecule has 0 saturated carbocycles. The normalized spacial score (nSPS) is 15.2. The van der Waals surface area contributed by atoms with Crippen LogP contribution in [0, 0.1) is 6.92 Å². The molecular formula is C18H24N6O3S. The molecule has 1 aromatic heterocycles. The molecule has 2 aromatic rings. The van der Waals surface area contributed by atoms with E-state index in [4.69, 9.17) is 4.74 Å². The van der Waals surface area contributed by atoms with Crippen LogP contribution in [0.5, 0.6) is 0 Å². The average Bonchev–Trinajstić information content (AvgIpc) is 3.12. The van der Waals surface area contributed by atoms with Crippen LogP contribution in [0.15, 0.2) is 29.4 Å². The van der Waals surface area contributed by atoms with E-state index >= 15 is 0 Å². The Morgan fingerprint density at radius 3 is 2.68 bits per heavy atom. The van der Waals surface area contributed by atoms with Gasteiger partial charge in [0.1, 0.15) is 0 Å². The summed E-state index contributed by atoms with van der Waals surface area (Å²) in [4.78, 5) is 25.8. The fourth-order valence-corrected chi connectivity index (χ4v) is 3.65. The highest BCUT2D eigenvalue weighted by atomic mass is 32.2. The lowest BCUT2D eigenvalue weighted by Gasteiger charge is -2.28. The standard InChI is InChI=1S/C18H24N6O3S/c1-12-5-4-6-14(11-12)24-17(23-7-9-27-10-8-23)21-22-18(24)28-13(2)15(25)20-16(26)19-3/h4-6,11,13H,7-10H2,1-3H3,(H2,19,20,25,26). The Hall–Kier alpha value is -2.59. The summed E-state index contributed by atoms with van der Waals surface area (Å²) >= 11 is 1.26. The van der Waals surface area contributed by atoms with Gasteiger partial charge in [0.2, 0.25) is 11.9 Å². The molecule has 0 aliphatic carbocycles. The van der Waals surface area contributed by atoms with Crippen LogP contribution >= 0.6 is 11.8 Å². The second kappa shape index (κ2) is 9.07. The summed E-state index contributed by atoms with van der Waals surface area (Å²) in [7, 11) is 1.46. The number of hydrogen-bond acceptors (Lipinski definition) is 7. The number of amides is 3. The van der Waals surface area contributed by atoms with Crippen LogP contribution in [0.2, 0.25) is 0 Å². The lowest BCUT2D eigenvalue weighted by atomic mass is 10.2. The van der Waals surface area contributed by atoms with Crippen LogP contribution in [-0.4, -0.2) is 65.3 Å². The predicted octanol–water partition coefficient (Wildman–Crippen LogP) is 1.35. The van der Waals surface area contributed by atoms with Crippen molar-refractivity contribution < 1.29 is 14.3 Å². The summed E-state index contributed by atoms with van der Waals surface area (Å²) in [6.45, 7) is 6.46. The SMILES string of the molecule is CNC(=O)NC(=O)C(C)Sc1nnc(N2CCOCC2)n1-c1cccc(C)c1. The maximum Gasteiger partial charge on any atom is 0.321 e. The van der Waals surface area contributed by atoms with Gasteiger partial charge in [-0.15, -0.1) is 10.2 Å². The Kier molecular flexibility index (Phi) is 6.53. The first-order valence-electron chi connectivity index (χ1n) is 9.04. The second-order valence-electron chi connectivity index (χ2n) is 6.38. The van der Waals surface area contributed by atoms with E-state index in [2.05, 4.69) is 25.7 Å². The molecule has 3 amide bonds. The van der Waals surface area contributed by atoms with Crippen molar-refractivity contribution in [3.63, 3.8) is 0 Å². The van der Waals surface area contributed by atoms with Crippen LogP contribution in [0.3, 0.4) is 0 Å². The second-order valence-corrected chi connectivity index (χ2v) is 7.69. The predicted molar refractivity (Wildman–Crippen MR) is 107 cm³/mol. The van der Waals surface area contributed by atoms with Gasteiger partial charge in [0.05, 0.1) is 24.2 Å². The van der Waals surface area contributed by atoms with E-state index in [9.17, 15) is 9.59 Å².